The van der Waals surface area contributed by atoms with Crippen LogP contribution in [0.15, 0.2) is 27.9 Å². The van der Waals surface area contributed by atoms with Crippen molar-refractivity contribution in [2.75, 3.05) is 6.61 Å². The lowest BCUT2D eigenvalue weighted by molar-refractivity contribution is -0.121. The Kier molecular flexibility index (Phi) is 4.30. The van der Waals surface area contributed by atoms with Crippen LogP contribution in [0.2, 0.25) is 0 Å². The lowest BCUT2D eigenvalue weighted by atomic mass is 9.89. The molecule has 160 valence electrons. The smallest absolute Gasteiger partial charge is 0.268 e. The molecule has 1 aliphatic heterocycles. The summed E-state index contributed by atoms with van der Waals surface area (Å²) in [4.78, 5) is 17.6. The number of aromatic nitrogens is 2. The van der Waals surface area contributed by atoms with Gasteiger partial charge in [0.2, 0.25) is 5.89 Å². The van der Waals surface area contributed by atoms with E-state index < -0.39 is 5.72 Å². The number of hydrogen-bond acceptors (Lipinski definition) is 6. The topological polar surface area (TPSA) is 89.3 Å². The zero-order chi connectivity index (χ0) is 20.3. The Morgan fingerprint density at radius 2 is 2.03 bits per heavy atom. The predicted molar refractivity (Wildman–Crippen MR) is 109 cm³/mol. The third-order valence-corrected chi connectivity index (χ3v) is 7.04. The molecule has 1 amide bonds. The van der Waals surface area contributed by atoms with Gasteiger partial charge in [-0.15, -0.1) is 0 Å². The molecule has 7 nitrogen and oxygen atoms in total. The van der Waals surface area contributed by atoms with Crippen molar-refractivity contribution in [3.05, 3.63) is 35.1 Å². The third kappa shape index (κ3) is 3.57. The summed E-state index contributed by atoms with van der Waals surface area (Å²) in [6.07, 6.45) is 13.6. The maximum Gasteiger partial charge on any atom is 0.268 e. The number of dihydropyridines is 1. The summed E-state index contributed by atoms with van der Waals surface area (Å²) < 4.78 is 11.8. The van der Waals surface area contributed by atoms with Crippen molar-refractivity contribution in [3.8, 4) is 0 Å². The van der Waals surface area contributed by atoms with Crippen LogP contribution in [0.25, 0.3) is 0 Å². The van der Waals surface area contributed by atoms with Gasteiger partial charge in [-0.05, 0) is 80.8 Å². The molecule has 4 fully saturated rings. The summed E-state index contributed by atoms with van der Waals surface area (Å²) in [5, 5.41) is 10.8. The maximum absolute atomic E-state index is 13.3. The van der Waals surface area contributed by atoms with Crippen molar-refractivity contribution in [3.63, 3.8) is 0 Å². The first-order valence-electron chi connectivity index (χ1n) is 11.6. The fraction of sp³-hybridized carbons (Fsp3) is 0.696. The minimum absolute atomic E-state index is 0.111. The van der Waals surface area contributed by atoms with Gasteiger partial charge in [0.05, 0.1) is 12.6 Å². The van der Waals surface area contributed by atoms with E-state index in [9.17, 15) is 4.79 Å². The average molecular weight is 411 g/mol. The van der Waals surface area contributed by atoms with Crippen LogP contribution in [0.4, 0.5) is 0 Å². The highest BCUT2D eigenvalue weighted by Crippen LogP contribution is 2.53. The molecule has 7 heteroatoms. The van der Waals surface area contributed by atoms with Gasteiger partial charge < -0.3 is 19.9 Å². The van der Waals surface area contributed by atoms with Crippen molar-refractivity contribution < 1.29 is 14.1 Å². The fourth-order valence-corrected chi connectivity index (χ4v) is 4.66. The van der Waals surface area contributed by atoms with Crippen molar-refractivity contribution in [2.45, 2.75) is 70.1 Å². The Morgan fingerprint density at radius 1 is 1.23 bits per heavy atom. The number of rotatable bonds is 9. The monoisotopic (exact) mass is 410 g/mol. The molecule has 2 heterocycles. The largest absolute Gasteiger partial charge is 0.351 e. The molecule has 0 radical (unpaired) electrons. The minimum Gasteiger partial charge on any atom is -0.351 e. The van der Waals surface area contributed by atoms with Crippen LogP contribution in [0, 0.1) is 30.6 Å². The second-order valence-electron chi connectivity index (χ2n) is 9.83. The molecule has 30 heavy (non-hydrogen) atoms. The Balaban J connectivity index is 1.24. The van der Waals surface area contributed by atoms with E-state index in [1.165, 1.54) is 31.3 Å². The molecular formula is C23H30N4O3. The van der Waals surface area contributed by atoms with E-state index in [0.717, 1.165) is 32.3 Å². The van der Waals surface area contributed by atoms with Crippen molar-refractivity contribution in [1.29, 1.82) is 0 Å². The van der Waals surface area contributed by atoms with E-state index in [1.54, 1.807) is 6.92 Å². The Bertz CT molecular complexity index is 905. The van der Waals surface area contributed by atoms with Crippen LogP contribution in [0.3, 0.4) is 0 Å². The molecular weight excluding hydrogens is 380 g/mol. The van der Waals surface area contributed by atoms with Gasteiger partial charge in [0.15, 0.2) is 11.5 Å². The van der Waals surface area contributed by atoms with E-state index >= 15 is 0 Å². The first kappa shape index (κ1) is 18.6. The second kappa shape index (κ2) is 6.94. The number of ether oxygens (including phenoxy) is 1. The number of hydrogen-bond donors (Lipinski definition) is 2. The maximum atomic E-state index is 13.3. The van der Waals surface area contributed by atoms with Gasteiger partial charge in [0, 0.05) is 12.8 Å². The lowest BCUT2D eigenvalue weighted by Crippen LogP contribution is -2.55. The summed E-state index contributed by atoms with van der Waals surface area (Å²) in [5.41, 5.74) is 1.45. The van der Waals surface area contributed by atoms with Gasteiger partial charge in [0.25, 0.3) is 5.91 Å². The zero-order valence-corrected chi connectivity index (χ0v) is 17.5. The SMILES string of the molecule is Cc1nc(C(NC(=O)C2=CC=C(C3CC3)C(OCC3CC3)(C3CC3)N2)C2CC2)no1. The molecule has 0 spiro atoms. The van der Waals surface area contributed by atoms with Crippen LogP contribution in [0.5, 0.6) is 0 Å². The molecule has 0 saturated heterocycles. The Labute approximate surface area is 176 Å². The highest BCUT2D eigenvalue weighted by molar-refractivity contribution is 5.94. The standard InChI is InChI=1S/C23H30N4O3/c1-13-24-21(27-30-13)20(16-6-7-16)25-22(28)19-11-10-18(15-4-5-15)23(26-19,17-8-9-17)29-12-14-2-3-14/h10-11,14-17,20,26H,2-9,12H2,1H3,(H,25,28). The predicted octanol–water partition coefficient (Wildman–Crippen LogP) is 3.30. The molecule has 6 rings (SSSR count). The van der Waals surface area contributed by atoms with Crippen LogP contribution in [-0.2, 0) is 9.53 Å². The molecule has 0 aromatic carbocycles. The summed E-state index contributed by atoms with van der Waals surface area (Å²) in [6, 6.07) is -0.200. The molecule has 2 atom stereocenters. The summed E-state index contributed by atoms with van der Waals surface area (Å²) >= 11 is 0. The first-order chi connectivity index (χ1) is 14.6. The number of allylic oxidation sites excluding steroid dienone is 2. The summed E-state index contributed by atoms with van der Waals surface area (Å²) in [6.45, 7) is 2.56. The molecule has 5 aliphatic rings. The van der Waals surface area contributed by atoms with E-state index in [4.69, 9.17) is 9.26 Å². The number of nitrogens with one attached hydrogen (secondary N) is 2. The molecule has 4 saturated carbocycles. The normalized spacial score (nSPS) is 29.6. The highest BCUT2D eigenvalue weighted by Gasteiger charge is 2.54. The van der Waals surface area contributed by atoms with Crippen molar-refractivity contribution >= 4 is 5.91 Å². The molecule has 0 bridgehead atoms. The first-order valence-corrected chi connectivity index (χ1v) is 11.6. The fourth-order valence-electron chi connectivity index (χ4n) is 4.66. The summed E-state index contributed by atoms with van der Waals surface area (Å²) in [7, 11) is 0. The van der Waals surface area contributed by atoms with E-state index in [1.807, 2.05) is 6.08 Å². The minimum atomic E-state index is -0.497. The number of carbonyl (C=O) groups excluding carboxylic acids is 1. The Morgan fingerprint density at radius 3 is 2.63 bits per heavy atom. The third-order valence-electron chi connectivity index (χ3n) is 7.04. The molecule has 1 aromatic heterocycles. The van der Waals surface area contributed by atoms with Crippen LogP contribution >= 0.6 is 0 Å². The molecule has 4 aliphatic carbocycles. The second-order valence-corrected chi connectivity index (χ2v) is 9.83. The lowest BCUT2D eigenvalue weighted by Gasteiger charge is -2.41. The number of aryl methyl sites for hydroxylation is 1. The van der Waals surface area contributed by atoms with Gasteiger partial charge in [-0.1, -0.05) is 11.2 Å². The van der Waals surface area contributed by atoms with E-state index in [2.05, 4.69) is 26.9 Å². The summed E-state index contributed by atoms with van der Waals surface area (Å²) in [5.74, 6) is 3.11. The van der Waals surface area contributed by atoms with Gasteiger partial charge >= 0.3 is 0 Å². The van der Waals surface area contributed by atoms with Crippen molar-refractivity contribution in [1.82, 2.24) is 20.8 Å². The van der Waals surface area contributed by atoms with Crippen LogP contribution in [-0.4, -0.2) is 28.4 Å². The number of nitrogens with zero attached hydrogens (tertiary/aromatic N) is 2. The molecule has 2 unspecified atom stereocenters. The number of amides is 1. The van der Waals surface area contributed by atoms with Gasteiger partial charge in [-0.25, -0.2) is 0 Å². The quantitative estimate of drug-likeness (QED) is 0.649. The molecule has 2 N–H and O–H groups in total. The van der Waals surface area contributed by atoms with Gasteiger partial charge in [-0.3, -0.25) is 4.79 Å². The van der Waals surface area contributed by atoms with E-state index in [-0.39, 0.29) is 11.9 Å². The highest BCUT2D eigenvalue weighted by atomic mass is 16.5. The zero-order valence-electron chi connectivity index (χ0n) is 17.5. The van der Waals surface area contributed by atoms with E-state index in [0.29, 0.717) is 41.1 Å². The average Bonchev–Trinajstić information content (AvgIpc) is 3.58. The van der Waals surface area contributed by atoms with Crippen LogP contribution < -0.4 is 10.6 Å². The Hall–Kier alpha value is -2.15. The van der Waals surface area contributed by atoms with Crippen molar-refractivity contribution in [2.24, 2.45) is 23.7 Å². The van der Waals surface area contributed by atoms with Gasteiger partial charge in [0.1, 0.15) is 5.70 Å². The molecule has 1 aromatic rings. The number of carbonyl (C=O) groups is 1. The van der Waals surface area contributed by atoms with Crippen LogP contribution in [0.1, 0.15) is 69.1 Å². The van der Waals surface area contributed by atoms with Gasteiger partial charge in [-0.2, -0.15) is 4.98 Å².